The van der Waals surface area contributed by atoms with Gasteiger partial charge in [-0.15, -0.1) is 0 Å². The lowest BCUT2D eigenvalue weighted by molar-refractivity contribution is 0.275. The third-order valence-electron chi connectivity index (χ3n) is 4.48. The average Bonchev–Trinajstić information content (AvgIpc) is 3.27. The third-order valence-corrected chi connectivity index (χ3v) is 4.48. The Morgan fingerprint density at radius 2 is 2.00 bits per heavy atom. The first-order chi connectivity index (χ1) is 13.2. The third kappa shape index (κ3) is 3.32. The molecule has 0 radical (unpaired) electrons. The summed E-state index contributed by atoms with van der Waals surface area (Å²) in [6, 6.07) is 15.0. The Morgan fingerprint density at radius 3 is 2.78 bits per heavy atom. The van der Waals surface area contributed by atoms with E-state index in [0.717, 1.165) is 21.8 Å². The van der Waals surface area contributed by atoms with Crippen LogP contribution in [0.1, 0.15) is 17.3 Å². The zero-order chi connectivity index (χ0) is 18.8. The van der Waals surface area contributed by atoms with E-state index in [-0.39, 0.29) is 18.5 Å². The number of anilines is 1. The van der Waals surface area contributed by atoms with Gasteiger partial charge in [0.15, 0.2) is 0 Å². The van der Waals surface area contributed by atoms with Crippen molar-refractivity contribution in [3.8, 4) is 5.88 Å². The van der Waals surface area contributed by atoms with Gasteiger partial charge in [0.25, 0.3) is 0 Å². The lowest BCUT2D eigenvalue weighted by Crippen LogP contribution is -2.17. The van der Waals surface area contributed by atoms with Gasteiger partial charge in [-0.2, -0.15) is 0 Å². The maximum Gasteiger partial charge on any atom is 0.220 e. The van der Waals surface area contributed by atoms with E-state index in [9.17, 15) is 10.2 Å². The molecule has 0 bridgehead atoms. The summed E-state index contributed by atoms with van der Waals surface area (Å²) >= 11 is 0. The van der Waals surface area contributed by atoms with E-state index in [1.165, 1.54) is 6.34 Å². The average molecular weight is 361 g/mol. The molecule has 2 aromatic carbocycles. The van der Waals surface area contributed by atoms with E-state index in [1.807, 2.05) is 48.5 Å². The van der Waals surface area contributed by atoms with Gasteiger partial charge in [0.05, 0.1) is 23.7 Å². The first-order valence-corrected chi connectivity index (χ1v) is 8.56. The topological polar surface area (TPSA) is 95.0 Å². The fourth-order valence-electron chi connectivity index (χ4n) is 2.97. The van der Waals surface area contributed by atoms with Crippen molar-refractivity contribution in [2.45, 2.75) is 6.04 Å². The number of aliphatic hydroxyl groups excluding tert-OH is 1. The number of aromatic hydroxyl groups is 1. The SMILES string of the molecule is Cn1c(N[C@@H](CO)c2ccccc2)nc(C=c2ccc3c(c2)N=CN=3)c1O. The highest BCUT2D eigenvalue weighted by molar-refractivity contribution is 5.67. The van der Waals surface area contributed by atoms with Crippen molar-refractivity contribution in [2.24, 2.45) is 17.0 Å². The number of fused-ring (bicyclic) bond motifs is 1. The van der Waals surface area contributed by atoms with Crippen molar-refractivity contribution >= 4 is 24.1 Å². The Balaban J connectivity index is 1.66. The van der Waals surface area contributed by atoms with Crippen LogP contribution in [0.5, 0.6) is 5.88 Å². The van der Waals surface area contributed by atoms with Crippen molar-refractivity contribution in [1.82, 2.24) is 9.55 Å². The molecule has 7 heteroatoms. The second kappa shape index (κ2) is 7.05. The van der Waals surface area contributed by atoms with Gasteiger partial charge in [-0.1, -0.05) is 36.4 Å². The van der Waals surface area contributed by atoms with Crippen LogP contribution in [0, 0.1) is 0 Å². The molecule has 0 saturated carbocycles. The summed E-state index contributed by atoms with van der Waals surface area (Å²) in [5, 5.41) is 25.1. The van der Waals surface area contributed by atoms with Gasteiger partial charge >= 0.3 is 0 Å². The molecule has 3 N–H and O–H groups in total. The fraction of sp³-hybridized carbons (Fsp3) is 0.150. The number of benzene rings is 2. The van der Waals surface area contributed by atoms with E-state index >= 15 is 0 Å². The zero-order valence-corrected chi connectivity index (χ0v) is 14.7. The summed E-state index contributed by atoms with van der Waals surface area (Å²) in [6.07, 6.45) is 3.30. The second-order valence-corrected chi connectivity index (χ2v) is 6.26. The van der Waals surface area contributed by atoms with Crippen LogP contribution in [0.2, 0.25) is 0 Å². The maximum atomic E-state index is 10.4. The molecule has 4 rings (SSSR count). The number of nitrogens with zero attached hydrogens (tertiary/aromatic N) is 4. The number of aromatic nitrogens is 2. The minimum Gasteiger partial charge on any atom is -0.493 e. The number of hydrogen-bond acceptors (Lipinski definition) is 6. The number of rotatable bonds is 5. The lowest BCUT2D eigenvalue weighted by atomic mass is 10.1. The van der Waals surface area contributed by atoms with Crippen molar-refractivity contribution in [2.75, 3.05) is 11.9 Å². The Morgan fingerprint density at radius 1 is 1.19 bits per heavy atom. The normalized spacial score (nSPS) is 14.1. The Bertz CT molecular complexity index is 1120. The highest BCUT2D eigenvalue weighted by Crippen LogP contribution is 2.25. The van der Waals surface area contributed by atoms with Gasteiger partial charge in [0.1, 0.15) is 12.0 Å². The van der Waals surface area contributed by atoms with E-state index in [0.29, 0.717) is 11.6 Å². The molecule has 136 valence electrons. The number of aliphatic imine (C=N–C) groups is 1. The van der Waals surface area contributed by atoms with Crippen LogP contribution < -0.4 is 15.9 Å². The van der Waals surface area contributed by atoms with Crippen molar-refractivity contribution in [3.63, 3.8) is 0 Å². The largest absolute Gasteiger partial charge is 0.493 e. The molecular formula is C20H19N5O2. The van der Waals surface area contributed by atoms with Crippen LogP contribution >= 0.6 is 0 Å². The van der Waals surface area contributed by atoms with E-state index in [1.54, 1.807) is 17.7 Å². The van der Waals surface area contributed by atoms with Crippen molar-refractivity contribution in [1.29, 1.82) is 0 Å². The Labute approximate surface area is 155 Å². The molecule has 2 heterocycles. The Hall–Kier alpha value is -3.45. The summed E-state index contributed by atoms with van der Waals surface area (Å²) in [7, 11) is 1.72. The van der Waals surface area contributed by atoms with Gasteiger partial charge in [0.2, 0.25) is 11.8 Å². The minimum atomic E-state index is -0.324. The number of nitrogens with one attached hydrogen (secondary N) is 1. The van der Waals surface area contributed by atoms with Crippen LogP contribution in [-0.4, -0.2) is 32.7 Å². The van der Waals surface area contributed by atoms with Gasteiger partial charge in [-0.05, 0) is 29.0 Å². The highest BCUT2D eigenvalue weighted by atomic mass is 16.3. The molecule has 1 aromatic heterocycles. The highest BCUT2D eigenvalue weighted by Gasteiger charge is 2.17. The summed E-state index contributed by atoms with van der Waals surface area (Å²) in [5.41, 5.74) is 2.17. The summed E-state index contributed by atoms with van der Waals surface area (Å²) in [4.78, 5) is 12.8. The molecule has 27 heavy (non-hydrogen) atoms. The maximum absolute atomic E-state index is 10.4. The molecule has 0 fully saturated rings. The molecule has 1 atom stereocenters. The smallest absolute Gasteiger partial charge is 0.220 e. The van der Waals surface area contributed by atoms with Gasteiger partial charge < -0.3 is 15.5 Å². The summed E-state index contributed by atoms with van der Waals surface area (Å²) < 4.78 is 1.55. The molecule has 7 nitrogen and oxygen atoms in total. The second-order valence-electron chi connectivity index (χ2n) is 6.26. The van der Waals surface area contributed by atoms with Crippen LogP contribution in [0.3, 0.4) is 0 Å². The molecule has 1 aliphatic rings. The molecule has 1 aliphatic heterocycles. The Kier molecular flexibility index (Phi) is 4.43. The van der Waals surface area contributed by atoms with E-state index < -0.39 is 0 Å². The monoisotopic (exact) mass is 361 g/mol. The van der Waals surface area contributed by atoms with E-state index in [2.05, 4.69) is 20.3 Å². The van der Waals surface area contributed by atoms with Gasteiger partial charge in [-0.3, -0.25) is 4.57 Å². The lowest BCUT2D eigenvalue weighted by Gasteiger charge is -2.17. The quantitative estimate of drug-likeness (QED) is 0.640. The standard InChI is InChI=1S/C20H19N5O2/c1-25-19(27)17(10-13-7-8-15-16(9-13)22-12-21-15)23-20(25)24-18(11-26)14-5-3-2-4-6-14/h2-10,12,18,26-27H,11H2,1H3,(H,23,24)/t18-/m0/s1. The first kappa shape index (κ1) is 17.0. The first-order valence-electron chi connectivity index (χ1n) is 8.56. The van der Waals surface area contributed by atoms with Gasteiger partial charge in [0, 0.05) is 7.05 Å². The molecule has 0 aliphatic carbocycles. The van der Waals surface area contributed by atoms with Crippen LogP contribution in [0.4, 0.5) is 11.6 Å². The van der Waals surface area contributed by atoms with Crippen molar-refractivity contribution in [3.05, 3.63) is 70.4 Å². The van der Waals surface area contributed by atoms with Crippen LogP contribution in [0.15, 0.2) is 58.5 Å². The fourth-order valence-corrected chi connectivity index (χ4v) is 2.97. The summed E-state index contributed by atoms with van der Waals surface area (Å²) in [5.74, 6) is 0.506. The predicted molar refractivity (Wildman–Crippen MR) is 104 cm³/mol. The number of hydrogen-bond donors (Lipinski definition) is 3. The van der Waals surface area contributed by atoms with Gasteiger partial charge in [-0.25, -0.2) is 15.0 Å². The van der Waals surface area contributed by atoms with Crippen molar-refractivity contribution < 1.29 is 10.2 Å². The molecule has 0 saturated heterocycles. The predicted octanol–water partition coefficient (Wildman–Crippen LogP) is 1.39. The van der Waals surface area contributed by atoms with Crippen LogP contribution in [-0.2, 0) is 7.05 Å². The molecule has 0 amide bonds. The molecule has 3 aromatic rings. The summed E-state index contributed by atoms with van der Waals surface area (Å²) in [6.45, 7) is -0.0942. The molecule has 0 spiro atoms. The minimum absolute atomic E-state index is 0.0379. The molecule has 0 unspecified atom stereocenters. The zero-order valence-electron chi connectivity index (χ0n) is 14.7. The number of imidazole rings is 1. The van der Waals surface area contributed by atoms with E-state index in [4.69, 9.17) is 0 Å². The molecular weight excluding hydrogens is 342 g/mol. The van der Waals surface area contributed by atoms with Crippen LogP contribution in [0.25, 0.3) is 6.08 Å². The number of aliphatic hydroxyl groups is 1.